The number of nitrogens with one attached hydrogen (secondary N) is 3. The number of H-pyrrole nitrogens is 2. The highest BCUT2D eigenvalue weighted by Gasteiger charge is 2.20. The Morgan fingerprint density at radius 3 is 2.77 bits per heavy atom. The Labute approximate surface area is 174 Å². The van der Waals surface area contributed by atoms with E-state index in [0.29, 0.717) is 17.2 Å². The van der Waals surface area contributed by atoms with E-state index in [-0.39, 0.29) is 5.56 Å². The van der Waals surface area contributed by atoms with E-state index < -0.39 is 0 Å². The van der Waals surface area contributed by atoms with Gasteiger partial charge in [-0.2, -0.15) is 0 Å². The topological polar surface area (TPSA) is 91.9 Å². The van der Waals surface area contributed by atoms with Gasteiger partial charge < -0.3 is 19.8 Å². The summed E-state index contributed by atoms with van der Waals surface area (Å²) in [6.45, 7) is 5.47. The van der Waals surface area contributed by atoms with Crippen molar-refractivity contribution in [2.24, 2.45) is 0 Å². The summed E-state index contributed by atoms with van der Waals surface area (Å²) in [5.41, 5.74) is 5.00. The van der Waals surface area contributed by atoms with Crippen molar-refractivity contribution in [2.75, 3.05) is 31.1 Å². The van der Waals surface area contributed by atoms with Gasteiger partial charge in [-0.3, -0.25) is 10.2 Å². The third-order valence-electron chi connectivity index (χ3n) is 5.82. The van der Waals surface area contributed by atoms with Crippen molar-refractivity contribution in [3.05, 3.63) is 58.9 Å². The minimum absolute atomic E-state index is 0.134. The van der Waals surface area contributed by atoms with Crippen LogP contribution in [0.1, 0.15) is 13.3 Å². The van der Waals surface area contributed by atoms with E-state index in [2.05, 4.69) is 31.9 Å². The zero-order valence-electron chi connectivity index (χ0n) is 16.9. The average molecular weight is 400 g/mol. The molecule has 3 aliphatic rings. The van der Waals surface area contributed by atoms with Crippen molar-refractivity contribution < 1.29 is 0 Å². The van der Waals surface area contributed by atoms with Gasteiger partial charge in [-0.25, -0.2) is 4.98 Å². The highest BCUT2D eigenvalue weighted by molar-refractivity contribution is 5.87. The fourth-order valence-electron chi connectivity index (χ4n) is 4.24. The van der Waals surface area contributed by atoms with Crippen molar-refractivity contribution >= 4 is 22.6 Å². The van der Waals surface area contributed by atoms with Crippen molar-refractivity contribution in [2.45, 2.75) is 13.3 Å². The molecular formula is C23H24N6O. The highest BCUT2D eigenvalue weighted by atomic mass is 16.1. The van der Waals surface area contributed by atoms with Crippen LogP contribution in [0.25, 0.3) is 33.7 Å². The molecule has 0 bridgehead atoms. The van der Waals surface area contributed by atoms with Gasteiger partial charge in [0.1, 0.15) is 5.82 Å². The van der Waals surface area contributed by atoms with E-state index in [1.807, 2.05) is 43.3 Å². The van der Waals surface area contributed by atoms with E-state index in [9.17, 15) is 4.79 Å². The molecule has 7 heteroatoms. The molecule has 1 fully saturated rings. The summed E-state index contributed by atoms with van der Waals surface area (Å²) < 4.78 is 0. The summed E-state index contributed by atoms with van der Waals surface area (Å²) in [4.78, 5) is 28.1. The molecule has 152 valence electrons. The maximum absolute atomic E-state index is 12.6. The number of aromatic nitrogens is 3. The van der Waals surface area contributed by atoms with Gasteiger partial charge in [0, 0.05) is 43.1 Å². The first-order chi connectivity index (χ1) is 14.6. The van der Waals surface area contributed by atoms with Crippen LogP contribution in [-0.2, 0) is 0 Å². The van der Waals surface area contributed by atoms with Gasteiger partial charge in [0.15, 0.2) is 0 Å². The van der Waals surface area contributed by atoms with Crippen molar-refractivity contribution in [3.63, 3.8) is 0 Å². The third kappa shape index (κ3) is 3.22. The standard InChI is InChI=1S/C23H24N6O/c1-15(24)28-10-5-11-29(13-12-28)16-8-9-19-20(14-16)26-22(25-19)21-17-6-3-2-4-7-18(17)27-23(21)30/h2-4,6-9,14,24H,5,10-13H2,1H3,(H,25,26)(H,27,30). The van der Waals surface area contributed by atoms with Gasteiger partial charge in [0.05, 0.1) is 22.4 Å². The quantitative estimate of drug-likeness (QED) is 0.355. The van der Waals surface area contributed by atoms with Crippen LogP contribution in [0.4, 0.5) is 5.69 Å². The summed E-state index contributed by atoms with van der Waals surface area (Å²) >= 11 is 0. The Hall–Kier alpha value is -3.61. The van der Waals surface area contributed by atoms with Crippen molar-refractivity contribution in [1.82, 2.24) is 19.9 Å². The molecule has 0 spiro atoms. The Morgan fingerprint density at radius 1 is 1.03 bits per heavy atom. The van der Waals surface area contributed by atoms with E-state index in [0.717, 1.165) is 60.6 Å². The van der Waals surface area contributed by atoms with Crippen LogP contribution in [0, 0.1) is 5.41 Å². The third-order valence-corrected chi connectivity index (χ3v) is 5.82. The molecule has 0 radical (unpaired) electrons. The maximum atomic E-state index is 12.6. The van der Waals surface area contributed by atoms with E-state index in [4.69, 9.17) is 10.4 Å². The summed E-state index contributed by atoms with van der Waals surface area (Å²) in [5.74, 6) is 1.22. The van der Waals surface area contributed by atoms with Crippen LogP contribution >= 0.6 is 0 Å². The predicted octanol–water partition coefficient (Wildman–Crippen LogP) is 3.53. The van der Waals surface area contributed by atoms with Gasteiger partial charge >= 0.3 is 0 Å². The summed E-state index contributed by atoms with van der Waals surface area (Å²) in [6, 6.07) is 15.8. The van der Waals surface area contributed by atoms with Gasteiger partial charge in [0.25, 0.3) is 5.56 Å². The lowest BCUT2D eigenvalue weighted by Gasteiger charge is -2.24. The largest absolute Gasteiger partial charge is 0.370 e. The van der Waals surface area contributed by atoms with E-state index in [1.54, 1.807) is 0 Å². The molecule has 3 N–H and O–H groups in total. The lowest BCUT2D eigenvalue weighted by atomic mass is 10.1. The van der Waals surface area contributed by atoms with Crippen LogP contribution in [0.15, 0.2) is 53.3 Å². The summed E-state index contributed by atoms with van der Waals surface area (Å²) in [6.07, 6.45) is 1.02. The zero-order chi connectivity index (χ0) is 20.7. The number of nitrogens with zero attached hydrogens (tertiary/aromatic N) is 3. The zero-order valence-corrected chi connectivity index (χ0v) is 16.9. The molecule has 3 heterocycles. The Morgan fingerprint density at radius 2 is 1.90 bits per heavy atom. The predicted molar refractivity (Wildman–Crippen MR) is 121 cm³/mol. The second kappa shape index (κ2) is 7.33. The molecule has 0 atom stereocenters. The van der Waals surface area contributed by atoms with Crippen LogP contribution in [0.3, 0.4) is 0 Å². The van der Waals surface area contributed by atoms with Crippen LogP contribution < -0.4 is 10.5 Å². The molecule has 0 unspecified atom stereocenters. The smallest absolute Gasteiger partial charge is 0.260 e. The number of rotatable bonds is 2. The Balaban J connectivity index is 1.50. The van der Waals surface area contributed by atoms with Gasteiger partial charge in [-0.1, -0.05) is 24.3 Å². The Bertz CT molecular complexity index is 1260. The maximum Gasteiger partial charge on any atom is 0.260 e. The molecule has 1 aromatic heterocycles. The first-order valence-corrected chi connectivity index (χ1v) is 10.3. The van der Waals surface area contributed by atoms with Gasteiger partial charge in [-0.05, 0) is 37.6 Å². The lowest BCUT2D eigenvalue weighted by Crippen LogP contribution is -2.33. The average Bonchev–Trinajstić information content (AvgIpc) is 3.04. The fraction of sp³-hybridized carbons (Fsp3) is 0.261. The molecule has 30 heavy (non-hydrogen) atoms. The van der Waals surface area contributed by atoms with Crippen molar-refractivity contribution in [1.29, 1.82) is 5.41 Å². The molecule has 7 nitrogen and oxygen atoms in total. The Kier molecular flexibility index (Phi) is 4.50. The number of aromatic amines is 2. The molecule has 2 aromatic rings. The first kappa shape index (κ1) is 18.4. The summed E-state index contributed by atoms with van der Waals surface area (Å²) in [7, 11) is 0. The molecule has 1 aromatic carbocycles. The van der Waals surface area contributed by atoms with E-state index in [1.165, 1.54) is 0 Å². The molecular weight excluding hydrogens is 376 g/mol. The van der Waals surface area contributed by atoms with Crippen LogP contribution in [-0.4, -0.2) is 51.9 Å². The van der Waals surface area contributed by atoms with E-state index >= 15 is 0 Å². The number of amidine groups is 1. The molecule has 5 rings (SSSR count). The second-order valence-corrected chi connectivity index (χ2v) is 7.77. The normalized spacial score (nSPS) is 15.0. The number of fused-ring (bicyclic) bond motifs is 2. The minimum atomic E-state index is -0.134. The molecule has 0 saturated carbocycles. The molecule has 0 amide bonds. The second-order valence-electron chi connectivity index (χ2n) is 7.77. The van der Waals surface area contributed by atoms with Gasteiger partial charge in [0.2, 0.25) is 0 Å². The number of benzene rings is 1. The molecule has 1 aliphatic carbocycles. The van der Waals surface area contributed by atoms with Gasteiger partial charge in [-0.15, -0.1) is 0 Å². The van der Waals surface area contributed by atoms with Crippen molar-refractivity contribution in [3.8, 4) is 22.6 Å². The molecule has 1 saturated heterocycles. The van der Waals surface area contributed by atoms with Crippen LogP contribution in [0.5, 0.6) is 0 Å². The number of imidazole rings is 1. The fourth-order valence-corrected chi connectivity index (χ4v) is 4.24. The number of hydrogen-bond donors (Lipinski definition) is 3. The van der Waals surface area contributed by atoms with Crippen LogP contribution in [0.2, 0.25) is 0 Å². The minimum Gasteiger partial charge on any atom is -0.370 e. The number of anilines is 1. The monoisotopic (exact) mass is 400 g/mol. The highest BCUT2D eigenvalue weighted by Crippen LogP contribution is 2.30. The summed E-state index contributed by atoms with van der Waals surface area (Å²) in [5, 5.41) is 7.89. The first-order valence-electron chi connectivity index (χ1n) is 10.3. The molecule has 2 aliphatic heterocycles. The number of hydrogen-bond acceptors (Lipinski definition) is 4. The lowest BCUT2D eigenvalue weighted by molar-refractivity contribution is 0.443. The SMILES string of the molecule is CC(=N)N1CCCN(c2ccc3nc(-c4c5cccccc-5[nH]c4=O)[nH]c3c2)CC1.